The van der Waals surface area contributed by atoms with Gasteiger partial charge in [-0.3, -0.25) is 0 Å². The van der Waals surface area contributed by atoms with Crippen molar-refractivity contribution in [1.82, 2.24) is 0 Å². The molecule has 2 aromatic carbocycles. The van der Waals surface area contributed by atoms with E-state index in [1.807, 2.05) is 24.3 Å². The monoisotopic (exact) mass is 333 g/mol. The maximum Gasteiger partial charge on any atom is 0.126 e. The van der Waals surface area contributed by atoms with E-state index in [0.29, 0.717) is 12.0 Å². The summed E-state index contributed by atoms with van der Waals surface area (Å²) in [7, 11) is 0. The number of hydrogen-bond donors (Lipinski definition) is 1. The average molecular weight is 334 g/mol. The molecular weight excluding hydrogens is 317 g/mol. The zero-order chi connectivity index (χ0) is 14.1. The van der Waals surface area contributed by atoms with Crippen molar-refractivity contribution in [2.24, 2.45) is 0 Å². The molecule has 0 saturated heterocycles. The first-order chi connectivity index (χ1) is 9.65. The maximum absolute atomic E-state index is 13.7. The molecule has 1 saturated carbocycles. The lowest BCUT2D eigenvalue weighted by Crippen LogP contribution is -2.34. The Morgan fingerprint density at radius 2 is 1.85 bits per heavy atom. The SMILES string of the molecule is Cc1c(Br)cccc1NC1CC(c2ccccc2F)C1. The highest BCUT2D eigenvalue weighted by molar-refractivity contribution is 9.10. The highest BCUT2D eigenvalue weighted by atomic mass is 79.9. The third-order valence-corrected chi connectivity index (χ3v) is 4.97. The van der Waals surface area contributed by atoms with Gasteiger partial charge in [0.05, 0.1) is 0 Å². The van der Waals surface area contributed by atoms with E-state index in [9.17, 15) is 4.39 Å². The molecule has 1 aliphatic carbocycles. The van der Waals surface area contributed by atoms with Gasteiger partial charge < -0.3 is 5.32 Å². The fraction of sp³-hybridized carbons (Fsp3) is 0.294. The molecule has 0 unspecified atom stereocenters. The lowest BCUT2D eigenvalue weighted by Gasteiger charge is -2.37. The van der Waals surface area contributed by atoms with Gasteiger partial charge >= 0.3 is 0 Å². The smallest absolute Gasteiger partial charge is 0.126 e. The van der Waals surface area contributed by atoms with E-state index in [4.69, 9.17) is 0 Å². The highest BCUT2D eigenvalue weighted by Crippen LogP contribution is 2.40. The minimum absolute atomic E-state index is 0.0745. The first-order valence-corrected chi connectivity index (χ1v) is 7.70. The zero-order valence-electron chi connectivity index (χ0n) is 11.4. The summed E-state index contributed by atoms with van der Waals surface area (Å²) in [5.41, 5.74) is 3.25. The Morgan fingerprint density at radius 3 is 2.60 bits per heavy atom. The van der Waals surface area contributed by atoms with Gasteiger partial charge in [0.2, 0.25) is 0 Å². The molecule has 1 nitrogen and oxygen atoms in total. The summed E-state index contributed by atoms with van der Waals surface area (Å²) >= 11 is 3.54. The van der Waals surface area contributed by atoms with Gasteiger partial charge in [0.15, 0.2) is 0 Å². The van der Waals surface area contributed by atoms with Crippen molar-refractivity contribution in [2.75, 3.05) is 5.32 Å². The van der Waals surface area contributed by atoms with Crippen LogP contribution < -0.4 is 5.32 Å². The molecule has 0 atom stereocenters. The van der Waals surface area contributed by atoms with Gasteiger partial charge in [0, 0.05) is 16.2 Å². The van der Waals surface area contributed by atoms with Crippen molar-refractivity contribution in [3.63, 3.8) is 0 Å². The standard InChI is InChI=1S/C17H17BrFN/c1-11-15(18)6-4-8-17(11)20-13-9-12(10-13)14-5-2-3-7-16(14)19/h2-8,12-13,20H,9-10H2,1H3. The normalized spacial score (nSPS) is 21.4. The molecule has 0 radical (unpaired) electrons. The molecule has 0 spiro atoms. The number of rotatable bonds is 3. The van der Waals surface area contributed by atoms with Crippen molar-refractivity contribution in [2.45, 2.75) is 31.7 Å². The van der Waals surface area contributed by atoms with E-state index in [2.05, 4.69) is 34.2 Å². The fourth-order valence-corrected chi connectivity index (χ4v) is 3.15. The molecule has 20 heavy (non-hydrogen) atoms. The van der Waals surface area contributed by atoms with E-state index < -0.39 is 0 Å². The molecular formula is C17H17BrFN. The van der Waals surface area contributed by atoms with Gasteiger partial charge in [-0.15, -0.1) is 0 Å². The number of anilines is 1. The van der Waals surface area contributed by atoms with Gasteiger partial charge in [-0.05, 0) is 55.0 Å². The quantitative estimate of drug-likeness (QED) is 0.808. The van der Waals surface area contributed by atoms with E-state index in [1.165, 1.54) is 5.56 Å². The Labute approximate surface area is 127 Å². The van der Waals surface area contributed by atoms with Crippen LogP contribution in [0.4, 0.5) is 10.1 Å². The summed E-state index contributed by atoms with van der Waals surface area (Å²) in [4.78, 5) is 0. The Balaban J connectivity index is 1.64. The Morgan fingerprint density at radius 1 is 1.10 bits per heavy atom. The van der Waals surface area contributed by atoms with Crippen molar-refractivity contribution < 1.29 is 4.39 Å². The van der Waals surface area contributed by atoms with Crippen LogP contribution in [0.25, 0.3) is 0 Å². The summed E-state index contributed by atoms with van der Waals surface area (Å²) in [6.45, 7) is 2.10. The second-order valence-electron chi connectivity index (χ2n) is 5.44. The summed E-state index contributed by atoms with van der Waals surface area (Å²) < 4.78 is 14.8. The molecule has 0 amide bonds. The van der Waals surface area contributed by atoms with Gasteiger partial charge in [-0.1, -0.05) is 40.2 Å². The van der Waals surface area contributed by atoms with Crippen molar-refractivity contribution in [3.8, 4) is 0 Å². The Bertz CT molecular complexity index is 620. The molecule has 2 aromatic rings. The average Bonchev–Trinajstić information content (AvgIpc) is 2.39. The summed E-state index contributed by atoms with van der Waals surface area (Å²) in [5, 5.41) is 3.55. The van der Waals surface area contributed by atoms with Gasteiger partial charge in [0.1, 0.15) is 5.82 Å². The molecule has 0 aliphatic heterocycles. The second kappa shape index (κ2) is 5.57. The molecule has 0 aromatic heterocycles. The molecule has 3 heteroatoms. The summed E-state index contributed by atoms with van der Waals surface area (Å²) in [6, 6.07) is 13.7. The minimum atomic E-state index is -0.0745. The Hall–Kier alpha value is -1.35. The van der Waals surface area contributed by atoms with Crippen molar-refractivity contribution >= 4 is 21.6 Å². The topological polar surface area (TPSA) is 12.0 Å². The van der Waals surface area contributed by atoms with Gasteiger partial charge in [-0.2, -0.15) is 0 Å². The lowest BCUT2D eigenvalue weighted by molar-refractivity contribution is 0.363. The fourth-order valence-electron chi connectivity index (χ4n) is 2.78. The van der Waals surface area contributed by atoms with Crippen LogP contribution in [0.2, 0.25) is 0 Å². The molecule has 0 bridgehead atoms. The van der Waals surface area contributed by atoms with E-state index >= 15 is 0 Å². The third kappa shape index (κ3) is 2.59. The van der Waals surface area contributed by atoms with Crippen LogP contribution in [-0.4, -0.2) is 6.04 Å². The molecule has 3 rings (SSSR count). The molecule has 1 aliphatic rings. The first-order valence-electron chi connectivity index (χ1n) is 6.91. The van der Waals surface area contributed by atoms with E-state index in [0.717, 1.165) is 28.6 Å². The lowest BCUT2D eigenvalue weighted by atomic mass is 9.75. The summed E-state index contributed by atoms with van der Waals surface area (Å²) in [5.74, 6) is 0.274. The number of benzene rings is 2. The van der Waals surface area contributed by atoms with Gasteiger partial charge in [0.25, 0.3) is 0 Å². The van der Waals surface area contributed by atoms with Crippen LogP contribution in [0.1, 0.15) is 29.9 Å². The predicted octanol–water partition coefficient (Wildman–Crippen LogP) is 5.25. The van der Waals surface area contributed by atoms with Crippen LogP contribution in [-0.2, 0) is 0 Å². The van der Waals surface area contributed by atoms with Crippen LogP contribution in [0, 0.1) is 12.7 Å². The van der Waals surface area contributed by atoms with E-state index in [1.54, 1.807) is 12.1 Å². The zero-order valence-corrected chi connectivity index (χ0v) is 13.0. The third-order valence-electron chi connectivity index (χ3n) is 4.11. The van der Waals surface area contributed by atoms with Crippen LogP contribution in [0.3, 0.4) is 0 Å². The Kier molecular flexibility index (Phi) is 3.79. The molecule has 1 N–H and O–H groups in total. The van der Waals surface area contributed by atoms with E-state index in [-0.39, 0.29) is 5.82 Å². The first kappa shape index (κ1) is 13.6. The highest BCUT2D eigenvalue weighted by Gasteiger charge is 2.31. The van der Waals surface area contributed by atoms with Crippen molar-refractivity contribution in [1.29, 1.82) is 0 Å². The van der Waals surface area contributed by atoms with Gasteiger partial charge in [-0.25, -0.2) is 4.39 Å². The second-order valence-corrected chi connectivity index (χ2v) is 6.30. The van der Waals surface area contributed by atoms with Crippen LogP contribution in [0.15, 0.2) is 46.9 Å². The summed E-state index contributed by atoms with van der Waals surface area (Å²) in [6.07, 6.45) is 1.99. The largest absolute Gasteiger partial charge is 0.382 e. The number of hydrogen-bond acceptors (Lipinski definition) is 1. The number of nitrogens with one attached hydrogen (secondary N) is 1. The predicted molar refractivity (Wildman–Crippen MR) is 84.7 cm³/mol. The van der Waals surface area contributed by atoms with Crippen LogP contribution in [0.5, 0.6) is 0 Å². The van der Waals surface area contributed by atoms with Crippen LogP contribution >= 0.6 is 15.9 Å². The minimum Gasteiger partial charge on any atom is -0.382 e. The number of halogens is 2. The maximum atomic E-state index is 13.7. The van der Waals surface area contributed by atoms with Crippen molar-refractivity contribution in [3.05, 3.63) is 63.9 Å². The molecule has 104 valence electrons. The molecule has 0 heterocycles. The molecule has 1 fully saturated rings.